The van der Waals surface area contributed by atoms with E-state index in [2.05, 4.69) is 5.10 Å². The molecule has 0 radical (unpaired) electrons. The monoisotopic (exact) mass is 263 g/mol. The average molecular weight is 263 g/mol. The van der Waals surface area contributed by atoms with Crippen LogP contribution in [0.3, 0.4) is 0 Å². The van der Waals surface area contributed by atoms with Crippen LogP contribution in [0.25, 0.3) is 0 Å². The fourth-order valence-corrected chi connectivity index (χ4v) is 2.02. The van der Waals surface area contributed by atoms with Crippen LogP contribution in [-0.4, -0.2) is 47.1 Å². The third-order valence-corrected chi connectivity index (χ3v) is 2.90. The minimum Gasteiger partial charge on any atom is -0.371 e. The number of nitrogens with zero attached hydrogens (tertiary/aromatic N) is 3. The maximum Gasteiger partial charge on any atom is 0.401 e. The van der Waals surface area contributed by atoms with Crippen molar-refractivity contribution in [1.82, 2.24) is 14.7 Å². The van der Waals surface area contributed by atoms with Gasteiger partial charge in [0, 0.05) is 31.4 Å². The Morgan fingerprint density at radius 2 is 2.28 bits per heavy atom. The fourth-order valence-electron chi connectivity index (χ4n) is 2.02. The van der Waals surface area contributed by atoms with Crippen molar-refractivity contribution in [2.24, 2.45) is 0 Å². The smallest absolute Gasteiger partial charge is 0.371 e. The summed E-state index contributed by atoms with van der Waals surface area (Å²) in [5, 5.41) is 4.11. The van der Waals surface area contributed by atoms with Crippen LogP contribution in [0.4, 0.5) is 13.2 Å². The number of halogens is 3. The van der Waals surface area contributed by atoms with Crippen molar-refractivity contribution in [2.75, 3.05) is 26.2 Å². The highest BCUT2D eigenvalue weighted by Gasteiger charge is 2.33. The molecule has 4 nitrogen and oxygen atoms in total. The summed E-state index contributed by atoms with van der Waals surface area (Å²) in [6, 6.07) is 0. The standard InChI is InChI=1S/C11H16F3N3O/c1-2-17-6-9(5-15-17)10-7-16(3-4-18-10)8-11(12,13)14/h5-6,10H,2-4,7-8H2,1H3. The number of ether oxygens (including phenoxy) is 1. The number of hydrogen-bond donors (Lipinski definition) is 0. The molecule has 1 unspecified atom stereocenters. The molecule has 7 heteroatoms. The normalized spacial score (nSPS) is 22.3. The molecule has 0 spiro atoms. The van der Waals surface area contributed by atoms with E-state index in [1.54, 1.807) is 10.9 Å². The summed E-state index contributed by atoms with van der Waals surface area (Å²) in [6.07, 6.45) is -0.996. The van der Waals surface area contributed by atoms with Gasteiger partial charge in [-0.2, -0.15) is 18.3 Å². The molecule has 0 bridgehead atoms. The number of hydrogen-bond acceptors (Lipinski definition) is 3. The molecule has 0 saturated carbocycles. The second-order valence-corrected chi connectivity index (χ2v) is 4.34. The van der Waals surface area contributed by atoms with Crippen molar-refractivity contribution < 1.29 is 17.9 Å². The topological polar surface area (TPSA) is 30.3 Å². The molecule has 18 heavy (non-hydrogen) atoms. The second-order valence-electron chi connectivity index (χ2n) is 4.34. The molecule has 1 fully saturated rings. The molecular weight excluding hydrogens is 247 g/mol. The van der Waals surface area contributed by atoms with Crippen LogP contribution in [0, 0.1) is 0 Å². The highest BCUT2D eigenvalue weighted by atomic mass is 19.4. The summed E-state index contributed by atoms with van der Waals surface area (Å²) in [5.41, 5.74) is 0.837. The number of morpholine rings is 1. The minimum absolute atomic E-state index is 0.259. The fraction of sp³-hybridized carbons (Fsp3) is 0.727. The van der Waals surface area contributed by atoms with Crippen molar-refractivity contribution in [3.8, 4) is 0 Å². The van der Waals surface area contributed by atoms with Crippen LogP contribution in [0.1, 0.15) is 18.6 Å². The first-order chi connectivity index (χ1) is 8.48. The van der Waals surface area contributed by atoms with Crippen molar-refractivity contribution in [3.05, 3.63) is 18.0 Å². The van der Waals surface area contributed by atoms with E-state index in [9.17, 15) is 13.2 Å². The summed E-state index contributed by atoms with van der Waals surface area (Å²) in [4.78, 5) is 1.37. The van der Waals surface area contributed by atoms with Crippen LogP contribution >= 0.6 is 0 Å². The van der Waals surface area contributed by atoms with Crippen LogP contribution in [-0.2, 0) is 11.3 Å². The second kappa shape index (κ2) is 5.27. The third kappa shape index (κ3) is 3.46. The van der Waals surface area contributed by atoms with Crippen molar-refractivity contribution >= 4 is 0 Å². The van der Waals surface area contributed by atoms with E-state index < -0.39 is 12.7 Å². The lowest BCUT2D eigenvalue weighted by Gasteiger charge is -2.32. The summed E-state index contributed by atoms with van der Waals surface area (Å²) in [6.45, 7) is 2.70. The van der Waals surface area contributed by atoms with Gasteiger partial charge in [-0.3, -0.25) is 9.58 Å². The zero-order valence-electron chi connectivity index (χ0n) is 10.2. The SMILES string of the molecule is CCn1cc(C2CN(CC(F)(F)F)CCO2)cn1. The summed E-state index contributed by atoms with van der Waals surface area (Å²) >= 11 is 0. The van der Waals surface area contributed by atoms with Gasteiger partial charge in [0.1, 0.15) is 0 Å². The van der Waals surface area contributed by atoms with E-state index in [0.29, 0.717) is 13.2 Å². The molecule has 1 aliphatic heterocycles. The highest BCUT2D eigenvalue weighted by molar-refractivity contribution is 5.09. The first-order valence-electron chi connectivity index (χ1n) is 5.91. The van der Waals surface area contributed by atoms with Gasteiger partial charge in [-0.1, -0.05) is 0 Å². The predicted octanol–water partition coefficient (Wildman–Crippen LogP) is 1.84. The summed E-state index contributed by atoms with van der Waals surface area (Å²) < 4.78 is 44.2. The average Bonchev–Trinajstić information content (AvgIpc) is 2.75. The minimum atomic E-state index is -4.16. The van der Waals surface area contributed by atoms with Crippen molar-refractivity contribution in [2.45, 2.75) is 25.7 Å². The predicted molar refractivity (Wildman–Crippen MR) is 59.1 cm³/mol. The van der Waals surface area contributed by atoms with Gasteiger partial charge in [0.05, 0.1) is 25.5 Å². The Bertz CT molecular complexity index is 391. The largest absolute Gasteiger partial charge is 0.401 e. The number of aromatic nitrogens is 2. The van der Waals surface area contributed by atoms with E-state index in [-0.39, 0.29) is 12.6 Å². The van der Waals surface area contributed by atoms with Crippen molar-refractivity contribution in [3.63, 3.8) is 0 Å². The van der Waals surface area contributed by atoms with Gasteiger partial charge in [0.25, 0.3) is 0 Å². The lowest BCUT2D eigenvalue weighted by molar-refractivity contribution is -0.159. The van der Waals surface area contributed by atoms with Gasteiger partial charge in [-0.05, 0) is 6.92 Å². The Labute approximate surface area is 103 Å². The highest BCUT2D eigenvalue weighted by Crippen LogP contribution is 2.24. The van der Waals surface area contributed by atoms with E-state index in [4.69, 9.17) is 4.74 Å². The number of rotatable bonds is 3. The Hall–Kier alpha value is -1.08. The van der Waals surface area contributed by atoms with Crippen molar-refractivity contribution in [1.29, 1.82) is 0 Å². The molecule has 0 N–H and O–H groups in total. The molecule has 1 aliphatic rings. The van der Waals surface area contributed by atoms with E-state index in [1.807, 2.05) is 13.1 Å². The molecule has 0 amide bonds. The van der Waals surface area contributed by atoms with Crippen LogP contribution in [0.5, 0.6) is 0 Å². The molecule has 1 aromatic rings. The summed E-state index contributed by atoms with van der Waals surface area (Å²) in [5.74, 6) is 0. The van der Waals surface area contributed by atoms with Crippen LogP contribution < -0.4 is 0 Å². The molecule has 2 rings (SSSR count). The molecule has 102 valence electrons. The summed E-state index contributed by atoms with van der Waals surface area (Å²) in [7, 11) is 0. The van der Waals surface area contributed by atoms with E-state index >= 15 is 0 Å². The third-order valence-electron chi connectivity index (χ3n) is 2.90. The van der Waals surface area contributed by atoms with Gasteiger partial charge in [0.15, 0.2) is 0 Å². The van der Waals surface area contributed by atoms with E-state index in [0.717, 1.165) is 12.1 Å². The first kappa shape index (κ1) is 13.4. The maximum absolute atomic E-state index is 12.3. The molecule has 0 aromatic carbocycles. The van der Waals surface area contributed by atoms with E-state index in [1.165, 1.54) is 4.90 Å². The van der Waals surface area contributed by atoms with Gasteiger partial charge < -0.3 is 4.74 Å². The molecule has 1 atom stereocenters. The van der Waals surface area contributed by atoms with Crippen LogP contribution in [0.15, 0.2) is 12.4 Å². The van der Waals surface area contributed by atoms with Gasteiger partial charge >= 0.3 is 6.18 Å². The lowest BCUT2D eigenvalue weighted by Crippen LogP contribution is -2.43. The Morgan fingerprint density at radius 3 is 2.89 bits per heavy atom. The lowest BCUT2D eigenvalue weighted by atomic mass is 10.1. The Morgan fingerprint density at radius 1 is 1.50 bits per heavy atom. The Balaban J connectivity index is 1.98. The van der Waals surface area contributed by atoms with Gasteiger partial charge in [-0.15, -0.1) is 0 Å². The molecule has 1 aromatic heterocycles. The first-order valence-corrected chi connectivity index (χ1v) is 5.91. The molecule has 2 heterocycles. The maximum atomic E-state index is 12.3. The quantitative estimate of drug-likeness (QED) is 0.833. The zero-order valence-corrected chi connectivity index (χ0v) is 10.2. The number of aryl methyl sites for hydroxylation is 1. The van der Waals surface area contributed by atoms with Crippen LogP contribution in [0.2, 0.25) is 0 Å². The van der Waals surface area contributed by atoms with Gasteiger partial charge in [-0.25, -0.2) is 0 Å². The molecule has 0 aliphatic carbocycles. The van der Waals surface area contributed by atoms with Gasteiger partial charge in [0.2, 0.25) is 0 Å². The number of alkyl halides is 3. The zero-order chi connectivity index (χ0) is 13.2. The molecule has 1 saturated heterocycles. The Kier molecular flexibility index (Phi) is 3.91. The molecular formula is C11H16F3N3O.